The highest BCUT2D eigenvalue weighted by molar-refractivity contribution is 4.97. The van der Waals surface area contributed by atoms with Crippen molar-refractivity contribution in [2.24, 2.45) is 11.8 Å². The summed E-state index contributed by atoms with van der Waals surface area (Å²) >= 11 is 0. The predicted molar refractivity (Wildman–Crippen MR) is 53.7 cm³/mol. The molecule has 2 aliphatic rings. The van der Waals surface area contributed by atoms with Crippen LogP contribution in [0.25, 0.3) is 0 Å². The van der Waals surface area contributed by atoms with Crippen molar-refractivity contribution in [2.45, 2.75) is 38.1 Å². The fraction of sp³-hybridized carbons (Fsp3) is 1.00. The van der Waals surface area contributed by atoms with Crippen molar-refractivity contribution < 1.29 is 4.74 Å². The van der Waals surface area contributed by atoms with Gasteiger partial charge in [0.15, 0.2) is 0 Å². The summed E-state index contributed by atoms with van der Waals surface area (Å²) < 4.78 is 5.02. The van der Waals surface area contributed by atoms with Gasteiger partial charge in [-0.2, -0.15) is 0 Å². The number of hydrogen-bond acceptors (Lipinski definition) is 2. The van der Waals surface area contributed by atoms with E-state index in [1.165, 1.54) is 25.7 Å². The smallest absolute Gasteiger partial charge is 0.0474 e. The van der Waals surface area contributed by atoms with Gasteiger partial charge in [-0.1, -0.05) is 12.8 Å². The second-order valence-electron chi connectivity index (χ2n) is 4.50. The Morgan fingerprint density at radius 1 is 1.38 bits per heavy atom. The first-order valence-electron chi connectivity index (χ1n) is 5.64. The summed E-state index contributed by atoms with van der Waals surface area (Å²) in [7, 11) is 1.77. The summed E-state index contributed by atoms with van der Waals surface area (Å²) in [5.41, 5.74) is 0. The Bertz CT molecular complexity index is 160. The zero-order chi connectivity index (χ0) is 9.10. The molecule has 0 aromatic rings. The van der Waals surface area contributed by atoms with E-state index in [4.69, 9.17) is 4.74 Å². The van der Waals surface area contributed by atoms with Gasteiger partial charge in [-0.25, -0.2) is 0 Å². The number of methoxy groups -OCH3 is 1. The van der Waals surface area contributed by atoms with Crippen LogP contribution in [0.3, 0.4) is 0 Å². The third kappa shape index (κ3) is 2.05. The molecule has 13 heavy (non-hydrogen) atoms. The third-order valence-corrected chi connectivity index (χ3v) is 3.72. The maximum Gasteiger partial charge on any atom is 0.0474 e. The van der Waals surface area contributed by atoms with Gasteiger partial charge in [0.2, 0.25) is 0 Å². The molecule has 0 bridgehead atoms. The van der Waals surface area contributed by atoms with E-state index in [9.17, 15) is 0 Å². The van der Waals surface area contributed by atoms with Gasteiger partial charge >= 0.3 is 0 Å². The molecule has 2 heteroatoms. The van der Waals surface area contributed by atoms with Gasteiger partial charge in [0, 0.05) is 19.8 Å². The van der Waals surface area contributed by atoms with Crippen LogP contribution in [0.4, 0.5) is 0 Å². The van der Waals surface area contributed by atoms with E-state index in [0.29, 0.717) is 0 Å². The van der Waals surface area contributed by atoms with E-state index < -0.39 is 0 Å². The lowest BCUT2D eigenvalue weighted by Gasteiger charge is -2.41. The molecular formula is C11H21NO. The molecule has 0 aromatic heterocycles. The van der Waals surface area contributed by atoms with Gasteiger partial charge in [0.1, 0.15) is 0 Å². The largest absolute Gasteiger partial charge is 0.385 e. The molecular weight excluding hydrogens is 162 g/mol. The molecule has 2 rings (SSSR count). The minimum Gasteiger partial charge on any atom is -0.385 e. The predicted octanol–water partition coefficient (Wildman–Crippen LogP) is 1.80. The van der Waals surface area contributed by atoms with Crippen LogP contribution in [0.2, 0.25) is 0 Å². The standard InChI is InChI=1S/C11H21NO/c1-13-7-3-6-12-11-8-9-4-2-5-10(9)11/h9-12H,2-8H2,1H3/t9-,10-,11?/m0/s1. The topological polar surface area (TPSA) is 21.3 Å². The highest BCUT2D eigenvalue weighted by Crippen LogP contribution is 2.46. The number of rotatable bonds is 5. The molecule has 0 spiro atoms. The normalized spacial score (nSPS) is 37.2. The highest BCUT2D eigenvalue weighted by atomic mass is 16.5. The van der Waals surface area contributed by atoms with Crippen LogP contribution in [-0.2, 0) is 4.74 Å². The number of nitrogens with one attached hydrogen (secondary N) is 1. The second-order valence-corrected chi connectivity index (χ2v) is 4.50. The first kappa shape index (κ1) is 9.47. The lowest BCUT2D eigenvalue weighted by atomic mass is 9.71. The van der Waals surface area contributed by atoms with Crippen molar-refractivity contribution in [1.82, 2.24) is 5.32 Å². The van der Waals surface area contributed by atoms with Crippen molar-refractivity contribution in [1.29, 1.82) is 0 Å². The Balaban J connectivity index is 1.56. The van der Waals surface area contributed by atoms with Crippen molar-refractivity contribution in [2.75, 3.05) is 20.3 Å². The summed E-state index contributed by atoms with van der Waals surface area (Å²) in [6.45, 7) is 2.04. The Morgan fingerprint density at radius 3 is 3.08 bits per heavy atom. The molecule has 0 saturated heterocycles. The van der Waals surface area contributed by atoms with E-state index in [-0.39, 0.29) is 0 Å². The Hall–Kier alpha value is -0.0800. The molecule has 0 amide bonds. The fourth-order valence-electron chi connectivity index (χ4n) is 2.93. The average molecular weight is 183 g/mol. The molecule has 2 saturated carbocycles. The number of ether oxygens (including phenoxy) is 1. The first-order valence-corrected chi connectivity index (χ1v) is 5.64. The molecule has 2 aliphatic carbocycles. The van der Waals surface area contributed by atoms with Gasteiger partial charge in [-0.3, -0.25) is 0 Å². The molecule has 1 N–H and O–H groups in total. The zero-order valence-corrected chi connectivity index (χ0v) is 8.59. The van der Waals surface area contributed by atoms with Crippen LogP contribution in [0.5, 0.6) is 0 Å². The Kier molecular flexibility index (Phi) is 3.23. The van der Waals surface area contributed by atoms with E-state index >= 15 is 0 Å². The Labute approximate surface area is 81.0 Å². The van der Waals surface area contributed by atoms with Gasteiger partial charge in [-0.15, -0.1) is 0 Å². The molecule has 3 atom stereocenters. The maximum atomic E-state index is 5.02. The lowest BCUT2D eigenvalue weighted by Crippen LogP contribution is -2.48. The summed E-state index contributed by atoms with van der Waals surface area (Å²) in [4.78, 5) is 0. The van der Waals surface area contributed by atoms with Crippen LogP contribution in [0.15, 0.2) is 0 Å². The Morgan fingerprint density at radius 2 is 2.31 bits per heavy atom. The van der Waals surface area contributed by atoms with Gasteiger partial charge in [-0.05, 0) is 37.6 Å². The fourth-order valence-corrected chi connectivity index (χ4v) is 2.93. The van der Waals surface area contributed by atoms with Crippen molar-refractivity contribution in [3.8, 4) is 0 Å². The summed E-state index contributed by atoms with van der Waals surface area (Å²) in [6, 6.07) is 0.851. The molecule has 2 fully saturated rings. The van der Waals surface area contributed by atoms with Crippen molar-refractivity contribution >= 4 is 0 Å². The monoisotopic (exact) mass is 183 g/mol. The van der Waals surface area contributed by atoms with Crippen LogP contribution < -0.4 is 5.32 Å². The van der Waals surface area contributed by atoms with Crippen LogP contribution in [-0.4, -0.2) is 26.3 Å². The van der Waals surface area contributed by atoms with Crippen molar-refractivity contribution in [3.63, 3.8) is 0 Å². The maximum absolute atomic E-state index is 5.02. The minimum atomic E-state index is 0.851. The van der Waals surface area contributed by atoms with Gasteiger partial charge in [0.05, 0.1) is 0 Å². The molecule has 0 radical (unpaired) electrons. The van der Waals surface area contributed by atoms with E-state index in [1.807, 2.05) is 0 Å². The molecule has 0 heterocycles. The summed E-state index contributed by atoms with van der Waals surface area (Å²) in [5, 5.41) is 3.65. The summed E-state index contributed by atoms with van der Waals surface area (Å²) in [5.74, 6) is 2.11. The third-order valence-electron chi connectivity index (χ3n) is 3.72. The molecule has 76 valence electrons. The van der Waals surface area contributed by atoms with E-state index in [0.717, 1.165) is 37.5 Å². The minimum absolute atomic E-state index is 0.851. The van der Waals surface area contributed by atoms with Crippen LogP contribution in [0.1, 0.15) is 32.1 Å². The van der Waals surface area contributed by atoms with Crippen LogP contribution in [0, 0.1) is 11.8 Å². The molecule has 0 aromatic carbocycles. The highest BCUT2D eigenvalue weighted by Gasteiger charge is 2.42. The first-order chi connectivity index (χ1) is 6.42. The molecule has 1 unspecified atom stereocenters. The molecule has 2 nitrogen and oxygen atoms in total. The zero-order valence-electron chi connectivity index (χ0n) is 8.59. The summed E-state index contributed by atoms with van der Waals surface area (Å²) in [6.07, 6.45) is 7.06. The SMILES string of the molecule is COCCCNC1C[C@@H]2CCC[C@H]12. The average Bonchev–Trinajstić information content (AvgIpc) is 2.47. The van der Waals surface area contributed by atoms with Gasteiger partial charge < -0.3 is 10.1 Å². The van der Waals surface area contributed by atoms with Gasteiger partial charge in [0.25, 0.3) is 0 Å². The van der Waals surface area contributed by atoms with Crippen LogP contribution >= 0.6 is 0 Å². The quantitative estimate of drug-likeness (QED) is 0.656. The lowest BCUT2D eigenvalue weighted by molar-refractivity contribution is 0.131. The van der Waals surface area contributed by atoms with E-state index in [1.54, 1.807) is 7.11 Å². The van der Waals surface area contributed by atoms with Crippen molar-refractivity contribution in [3.05, 3.63) is 0 Å². The number of hydrogen-bond donors (Lipinski definition) is 1. The molecule has 0 aliphatic heterocycles. The number of fused-ring (bicyclic) bond motifs is 1. The second kappa shape index (κ2) is 4.43. The van der Waals surface area contributed by atoms with E-state index in [2.05, 4.69) is 5.32 Å².